The molecule has 1 fully saturated rings. The van der Waals surface area contributed by atoms with Crippen LogP contribution in [-0.4, -0.2) is 32.5 Å². The van der Waals surface area contributed by atoms with E-state index in [4.69, 9.17) is 11.6 Å². The monoisotopic (exact) mass is 361 g/mol. The average Bonchev–Trinajstić information content (AvgIpc) is 3.11. The Morgan fingerprint density at radius 1 is 1.45 bits per heavy atom. The molecule has 1 aliphatic heterocycles. The first-order chi connectivity index (χ1) is 10.5. The first-order valence-corrected chi connectivity index (χ1v) is 9.31. The lowest BCUT2D eigenvalue weighted by Gasteiger charge is -2.16. The van der Waals surface area contributed by atoms with Gasteiger partial charge in [-0.05, 0) is 24.6 Å². The Bertz CT molecular complexity index is 768. The van der Waals surface area contributed by atoms with E-state index >= 15 is 0 Å². The average molecular weight is 362 g/mol. The summed E-state index contributed by atoms with van der Waals surface area (Å²) in [6, 6.07) is 3.16. The van der Waals surface area contributed by atoms with Crippen molar-refractivity contribution in [1.29, 1.82) is 0 Å². The summed E-state index contributed by atoms with van der Waals surface area (Å²) in [5, 5.41) is 2.55. The molecule has 0 radical (unpaired) electrons. The molecular formula is C13H13ClFN3O2S2. The summed E-state index contributed by atoms with van der Waals surface area (Å²) in [6.45, 7) is 1.30. The van der Waals surface area contributed by atoms with Gasteiger partial charge in [-0.3, -0.25) is 0 Å². The predicted molar refractivity (Wildman–Crippen MR) is 84.5 cm³/mol. The Kier molecular flexibility index (Phi) is 4.35. The highest BCUT2D eigenvalue weighted by atomic mass is 35.5. The second kappa shape index (κ2) is 6.11. The zero-order valence-electron chi connectivity index (χ0n) is 11.4. The van der Waals surface area contributed by atoms with Gasteiger partial charge >= 0.3 is 0 Å². The first-order valence-electron chi connectivity index (χ1n) is 6.57. The van der Waals surface area contributed by atoms with Crippen molar-refractivity contribution < 1.29 is 12.8 Å². The van der Waals surface area contributed by atoms with Gasteiger partial charge in [-0.2, -0.15) is 0 Å². The normalized spacial score (nSPS) is 18.8. The van der Waals surface area contributed by atoms with Crippen LogP contribution in [0.3, 0.4) is 0 Å². The predicted octanol–water partition coefficient (Wildman–Crippen LogP) is 2.49. The molecule has 1 N–H and O–H groups in total. The van der Waals surface area contributed by atoms with Crippen LogP contribution in [0.4, 0.5) is 9.52 Å². The van der Waals surface area contributed by atoms with Gasteiger partial charge in [0.25, 0.3) is 0 Å². The molecule has 1 aromatic carbocycles. The van der Waals surface area contributed by atoms with E-state index in [1.807, 2.05) is 10.3 Å². The Morgan fingerprint density at radius 3 is 2.95 bits per heavy atom. The molecule has 118 valence electrons. The SMILES string of the molecule is O=S(=O)(N[C@H]1CCN(c2nccs2)C1)c1ccc(F)c(Cl)c1. The maximum Gasteiger partial charge on any atom is 0.240 e. The van der Waals surface area contributed by atoms with Crippen molar-refractivity contribution in [3.8, 4) is 0 Å². The van der Waals surface area contributed by atoms with E-state index in [9.17, 15) is 12.8 Å². The summed E-state index contributed by atoms with van der Waals surface area (Å²) in [4.78, 5) is 6.22. The van der Waals surface area contributed by atoms with Gasteiger partial charge in [0.15, 0.2) is 5.13 Å². The number of nitrogens with one attached hydrogen (secondary N) is 1. The molecule has 0 bridgehead atoms. The number of hydrogen-bond acceptors (Lipinski definition) is 5. The number of rotatable bonds is 4. The highest BCUT2D eigenvalue weighted by Gasteiger charge is 2.28. The third-order valence-corrected chi connectivity index (χ3v) is 6.04. The molecule has 1 saturated heterocycles. The molecule has 0 unspecified atom stereocenters. The third-order valence-electron chi connectivity index (χ3n) is 3.40. The molecule has 0 spiro atoms. The fraction of sp³-hybridized carbons (Fsp3) is 0.308. The van der Waals surface area contributed by atoms with Gasteiger partial charge in [0, 0.05) is 30.7 Å². The first kappa shape index (κ1) is 15.7. The van der Waals surface area contributed by atoms with Crippen LogP contribution in [0.2, 0.25) is 5.02 Å². The van der Waals surface area contributed by atoms with Crippen LogP contribution in [0.25, 0.3) is 0 Å². The zero-order valence-corrected chi connectivity index (χ0v) is 13.8. The molecular weight excluding hydrogens is 349 g/mol. The fourth-order valence-corrected chi connectivity index (χ4v) is 4.55. The van der Waals surface area contributed by atoms with Crippen LogP contribution in [0.5, 0.6) is 0 Å². The highest BCUT2D eigenvalue weighted by Crippen LogP contribution is 2.24. The molecule has 2 aromatic rings. The van der Waals surface area contributed by atoms with Crippen molar-refractivity contribution in [3.63, 3.8) is 0 Å². The topological polar surface area (TPSA) is 62.3 Å². The number of anilines is 1. The fourth-order valence-electron chi connectivity index (χ4n) is 2.33. The van der Waals surface area contributed by atoms with Gasteiger partial charge in [0.1, 0.15) is 5.82 Å². The summed E-state index contributed by atoms with van der Waals surface area (Å²) < 4.78 is 40.4. The highest BCUT2D eigenvalue weighted by molar-refractivity contribution is 7.89. The van der Waals surface area contributed by atoms with Gasteiger partial charge < -0.3 is 4.90 Å². The molecule has 2 heterocycles. The van der Waals surface area contributed by atoms with Crippen molar-refractivity contribution in [2.75, 3.05) is 18.0 Å². The molecule has 0 saturated carbocycles. The summed E-state index contributed by atoms with van der Waals surface area (Å²) >= 11 is 7.16. The van der Waals surface area contributed by atoms with Crippen molar-refractivity contribution in [2.24, 2.45) is 0 Å². The van der Waals surface area contributed by atoms with Crippen LogP contribution in [0, 0.1) is 5.82 Å². The number of nitrogens with zero attached hydrogens (tertiary/aromatic N) is 2. The molecule has 0 amide bonds. The summed E-state index contributed by atoms with van der Waals surface area (Å²) in [7, 11) is -3.72. The van der Waals surface area contributed by atoms with Crippen LogP contribution in [-0.2, 0) is 10.0 Å². The lowest BCUT2D eigenvalue weighted by molar-refractivity contribution is 0.561. The van der Waals surface area contributed by atoms with Crippen LogP contribution >= 0.6 is 22.9 Å². The maximum atomic E-state index is 13.1. The van der Waals surface area contributed by atoms with Crippen LogP contribution in [0.1, 0.15) is 6.42 Å². The van der Waals surface area contributed by atoms with Gasteiger partial charge in [0.2, 0.25) is 10.0 Å². The molecule has 3 rings (SSSR count). The van der Waals surface area contributed by atoms with Crippen molar-refractivity contribution in [1.82, 2.24) is 9.71 Å². The maximum absolute atomic E-state index is 13.1. The van der Waals surface area contributed by atoms with Crippen LogP contribution < -0.4 is 9.62 Å². The summed E-state index contributed by atoms with van der Waals surface area (Å²) in [6.07, 6.45) is 2.41. The Labute approximate surface area is 136 Å². The Balaban J connectivity index is 1.71. The van der Waals surface area contributed by atoms with Gasteiger partial charge in [-0.1, -0.05) is 11.6 Å². The van der Waals surface area contributed by atoms with Crippen molar-refractivity contribution in [3.05, 3.63) is 40.6 Å². The van der Waals surface area contributed by atoms with E-state index in [0.717, 1.165) is 23.8 Å². The molecule has 1 aromatic heterocycles. The van der Waals surface area contributed by atoms with E-state index in [0.29, 0.717) is 13.0 Å². The number of hydrogen-bond donors (Lipinski definition) is 1. The third kappa shape index (κ3) is 3.24. The van der Waals surface area contributed by atoms with Gasteiger partial charge in [-0.25, -0.2) is 22.5 Å². The van der Waals surface area contributed by atoms with Crippen molar-refractivity contribution >= 4 is 38.1 Å². The second-order valence-corrected chi connectivity index (χ2v) is 7.94. The van der Waals surface area contributed by atoms with E-state index in [1.165, 1.54) is 17.4 Å². The minimum atomic E-state index is -3.72. The molecule has 22 heavy (non-hydrogen) atoms. The molecule has 5 nitrogen and oxygen atoms in total. The van der Waals surface area contributed by atoms with E-state index in [2.05, 4.69) is 9.71 Å². The number of benzene rings is 1. The molecule has 0 aliphatic carbocycles. The van der Waals surface area contributed by atoms with E-state index < -0.39 is 15.8 Å². The molecule has 9 heteroatoms. The van der Waals surface area contributed by atoms with E-state index in [-0.39, 0.29) is 16.0 Å². The van der Waals surface area contributed by atoms with Crippen LogP contribution in [0.15, 0.2) is 34.7 Å². The number of sulfonamides is 1. The summed E-state index contributed by atoms with van der Waals surface area (Å²) in [5.74, 6) is -0.642. The van der Waals surface area contributed by atoms with Gasteiger partial charge in [-0.15, -0.1) is 11.3 Å². The largest absolute Gasteiger partial charge is 0.346 e. The minimum Gasteiger partial charge on any atom is -0.346 e. The zero-order chi connectivity index (χ0) is 15.7. The molecule has 1 atom stereocenters. The van der Waals surface area contributed by atoms with Crippen molar-refractivity contribution in [2.45, 2.75) is 17.4 Å². The second-order valence-electron chi connectivity index (χ2n) is 4.94. The number of aromatic nitrogens is 1. The van der Waals surface area contributed by atoms with E-state index in [1.54, 1.807) is 6.20 Å². The smallest absolute Gasteiger partial charge is 0.240 e. The Hall–Kier alpha value is -1.22. The quantitative estimate of drug-likeness (QED) is 0.908. The standard InChI is InChI=1S/C13H13ClFN3O2S2/c14-11-7-10(1-2-12(11)15)22(19,20)17-9-3-5-18(8-9)13-16-4-6-21-13/h1-2,4,6-7,9,17H,3,5,8H2/t9-/m0/s1. The lowest BCUT2D eigenvalue weighted by atomic mass is 10.3. The summed E-state index contributed by atoms with van der Waals surface area (Å²) in [5.41, 5.74) is 0. The Morgan fingerprint density at radius 2 is 2.27 bits per heavy atom. The minimum absolute atomic E-state index is 0.0356. The lowest BCUT2D eigenvalue weighted by Crippen LogP contribution is -2.37. The number of thiazole rings is 1. The number of halogens is 2. The molecule has 1 aliphatic rings. The van der Waals surface area contributed by atoms with Gasteiger partial charge in [0.05, 0.1) is 9.92 Å².